The third-order valence-corrected chi connectivity index (χ3v) is 2.26. The molecule has 0 rings (SSSR count). The van der Waals surface area contributed by atoms with Crippen molar-refractivity contribution in [3.05, 3.63) is 23.8 Å². The van der Waals surface area contributed by atoms with Gasteiger partial charge in [-0.05, 0) is 25.9 Å². The van der Waals surface area contributed by atoms with E-state index in [2.05, 4.69) is 0 Å². The van der Waals surface area contributed by atoms with E-state index in [4.69, 9.17) is 22.9 Å². The fourth-order valence-corrected chi connectivity index (χ4v) is 1.25. The molecule has 19 heavy (non-hydrogen) atoms. The minimum absolute atomic E-state index is 0. The minimum Gasteiger partial charge on any atom is -0.693 e. The molecule has 0 aromatic rings. The summed E-state index contributed by atoms with van der Waals surface area (Å²) in [5, 5.41) is 0. The number of unbranched alkanes of at least 4 members (excludes halogenated alkanes) is 6. The molecule has 0 heterocycles. The SMILES string of the molecule is [NH-]CCCCCCN.[NH-]CCCCCCN.[NH2-].[NH2-].[Pt+4]. The largest absolute Gasteiger partial charge is 4.00 e. The van der Waals surface area contributed by atoms with Crippen molar-refractivity contribution in [2.75, 3.05) is 26.2 Å². The summed E-state index contributed by atoms with van der Waals surface area (Å²) in [6, 6.07) is 0. The summed E-state index contributed by atoms with van der Waals surface area (Å²) in [6.07, 6.45) is 9.10. The molecule has 0 unspecified atom stereocenters. The first-order valence-electron chi connectivity index (χ1n) is 6.52. The second-order valence-corrected chi connectivity index (χ2v) is 3.91. The van der Waals surface area contributed by atoms with E-state index in [1.54, 1.807) is 0 Å². The van der Waals surface area contributed by atoms with Crippen LogP contribution in [0.4, 0.5) is 0 Å². The standard InChI is InChI=1S/2C6H15N2.2H2N.Pt/c2*7-5-3-1-2-4-6-8;;;/h2*7H,1-6,8H2;2*1H2;/q4*-1;+4. The number of nitrogens with one attached hydrogen (secondary N) is 2. The zero-order valence-corrected chi connectivity index (χ0v) is 14.4. The Morgan fingerprint density at radius 2 is 0.789 bits per heavy atom. The number of rotatable bonds is 10. The van der Waals surface area contributed by atoms with Crippen molar-refractivity contribution < 1.29 is 21.1 Å². The molecule has 0 aliphatic carbocycles. The van der Waals surface area contributed by atoms with Crippen molar-refractivity contribution in [1.82, 2.24) is 0 Å². The van der Waals surface area contributed by atoms with Crippen LogP contribution in [0.3, 0.4) is 0 Å². The fourth-order valence-electron chi connectivity index (χ4n) is 1.25. The third kappa shape index (κ3) is 45.7. The minimum atomic E-state index is 0. The van der Waals surface area contributed by atoms with Crippen molar-refractivity contribution in [3.63, 3.8) is 0 Å². The monoisotopic (exact) mass is 457 g/mol. The molecule has 0 radical (unpaired) electrons. The molecule has 0 amide bonds. The van der Waals surface area contributed by atoms with Gasteiger partial charge in [-0.3, -0.25) is 0 Å². The van der Waals surface area contributed by atoms with E-state index in [0.717, 1.165) is 38.8 Å². The van der Waals surface area contributed by atoms with Gasteiger partial charge in [0.25, 0.3) is 0 Å². The maximum atomic E-state index is 6.81. The molecule has 0 aliphatic heterocycles. The molecule has 0 fully saturated rings. The molecular formula is C12H34N6Pt. The molecule has 0 saturated carbocycles. The predicted molar refractivity (Wildman–Crippen MR) is 84.0 cm³/mol. The molecule has 7 heteroatoms. The van der Waals surface area contributed by atoms with Crippen LogP contribution in [0, 0.1) is 0 Å². The van der Waals surface area contributed by atoms with Gasteiger partial charge in [-0.2, -0.15) is 13.1 Å². The Balaban J connectivity index is -0.0000000594. The van der Waals surface area contributed by atoms with E-state index in [1.807, 2.05) is 0 Å². The van der Waals surface area contributed by atoms with Crippen molar-refractivity contribution in [1.29, 1.82) is 0 Å². The van der Waals surface area contributed by atoms with Crippen LogP contribution in [0.1, 0.15) is 51.4 Å². The van der Waals surface area contributed by atoms with E-state index < -0.39 is 0 Å². The zero-order chi connectivity index (χ0) is 12.5. The van der Waals surface area contributed by atoms with Crippen LogP contribution in [0.2, 0.25) is 0 Å². The molecule has 122 valence electrons. The van der Waals surface area contributed by atoms with E-state index in [0.29, 0.717) is 13.1 Å². The van der Waals surface area contributed by atoms with Crippen molar-refractivity contribution in [2.45, 2.75) is 51.4 Å². The zero-order valence-electron chi connectivity index (χ0n) is 12.1. The van der Waals surface area contributed by atoms with Gasteiger partial charge in [-0.1, -0.05) is 38.5 Å². The van der Waals surface area contributed by atoms with Crippen LogP contribution in [-0.2, 0) is 21.1 Å². The first-order valence-corrected chi connectivity index (χ1v) is 6.52. The van der Waals surface area contributed by atoms with Crippen molar-refractivity contribution in [2.24, 2.45) is 11.5 Å². The van der Waals surface area contributed by atoms with Gasteiger partial charge in [-0.25, -0.2) is 0 Å². The molecule has 0 saturated heterocycles. The van der Waals surface area contributed by atoms with Crippen LogP contribution < -0.4 is 11.5 Å². The van der Waals surface area contributed by atoms with Gasteiger partial charge in [0.05, 0.1) is 0 Å². The molecular weight excluding hydrogens is 423 g/mol. The van der Waals surface area contributed by atoms with E-state index in [1.165, 1.54) is 25.7 Å². The summed E-state index contributed by atoms with van der Waals surface area (Å²) < 4.78 is 0. The smallest absolute Gasteiger partial charge is 0.693 e. The fraction of sp³-hybridized carbons (Fsp3) is 1.00. The summed E-state index contributed by atoms with van der Waals surface area (Å²) in [6.45, 7) is 2.76. The molecule has 0 aromatic heterocycles. The van der Waals surface area contributed by atoms with Gasteiger partial charge >= 0.3 is 21.1 Å². The van der Waals surface area contributed by atoms with Gasteiger partial charge in [0.1, 0.15) is 0 Å². The molecule has 10 N–H and O–H groups in total. The van der Waals surface area contributed by atoms with Crippen LogP contribution in [0.5, 0.6) is 0 Å². The third-order valence-electron chi connectivity index (χ3n) is 2.26. The van der Waals surface area contributed by atoms with Gasteiger partial charge < -0.3 is 35.2 Å². The quantitative estimate of drug-likeness (QED) is 0.460. The molecule has 0 aliphatic rings. The molecule has 0 atom stereocenters. The van der Waals surface area contributed by atoms with Crippen molar-refractivity contribution in [3.8, 4) is 0 Å². The second kappa shape index (κ2) is 36.2. The summed E-state index contributed by atoms with van der Waals surface area (Å²) >= 11 is 0. The summed E-state index contributed by atoms with van der Waals surface area (Å²) in [4.78, 5) is 0. The maximum absolute atomic E-state index is 6.81. The Kier molecular flexibility index (Phi) is 60.5. The summed E-state index contributed by atoms with van der Waals surface area (Å²) in [7, 11) is 0. The van der Waals surface area contributed by atoms with Crippen LogP contribution in [-0.4, -0.2) is 26.2 Å². The Bertz CT molecular complexity index is 84.2. The van der Waals surface area contributed by atoms with Gasteiger partial charge in [0.2, 0.25) is 0 Å². The Hall–Kier alpha value is 0.448. The van der Waals surface area contributed by atoms with Gasteiger partial charge in [0, 0.05) is 0 Å². The van der Waals surface area contributed by atoms with Crippen molar-refractivity contribution >= 4 is 0 Å². The normalized spacial score (nSPS) is 8.21. The molecule has 0 bridgehead atoms. The van der Waals surface area contributed by atoms with Crippen LogP contribution in [0.15, 0.2) is 0 Å². The Labute approximate surface area is 134 Å². The average Bonchev–Trinajstić information content (AvgIpc) is 2.31. The van der Waals surface area contributed by atoms with E-state index in [9.17, 15) is 0 Å². The first-order chi connectivity index (χ1) is 7.83. The Morgan fingerprint density at radius 3 is 1.00 bits per heavy atom. The van der Waals surface area contributed by atoms with Gasteiger partial charge in [0.15, 0.2) is 0 Å². The predicted octanol–water partition coefficient (Wildman–Crippen LogP) is 4.55. The number of nitrogens with two attached hydrogens (primary N) is 4. The number of hydrogen-bond acceptors (Lipinski definition) is 2. The molecule has 0 aromatic carbocycles. The Morgan fingerprint density at radius 1 is 0.526 bits per heavy atom. The molecule has 0 spiro atoms. The van der Waals surface area contributed by atoms with E-state index in [-0.39, 0.29) is 33.4 Å². The van der Waals surface area contributed by atoms with Crippen LogP contribution in [0.25, 0.3) is 23.8 Å². The molecule has 6 nitrogen and oxygen atoms in total. The first kappa shape index (κ1) is 31.7. The second-order valence-electron chi connectivity index (χ2n) is 3.91. The topological polar surface area (TPSA) is 167 Å². The van der Waals surface area contributed by atoms with Crippen LogP contribution >= 0.6 is 0 Å². The maximum Gasteiger partial charge on any atom is 4.00 e. The summed E-state index contributed by atoms with van der Waals surface area (Å²) in [5.74, 6) is 0. The number of hydrogen-bond donors (Lipinski definition) is 2. The van der Waals surface area contributed by atoms with E-state index >= 15 is 0 Å². The average molecular weight is 458 g/mol. The van der Waals surface area contributed by atoms with Gasteiger partial charge in [-0.15, -0.1) is 0 Å². The summed E-state index contributed by atoms with van der Waals surface area (Å²) in [5.41, 5.74) is 24.1.